The van der Waals surface area contributed by atoms with Crippen molar-refractivity contribution in [2.24, 2.45) is 0 Å². The molecule has 0 radical (unpaired) electrons. The zero-order valence-corrected chi connectivity index (χ0v) is 15.1. The van der Waals surface area contributed by atoms with Crippen LogP contribution in [0.1, 0.15) is 36.5 Å². The normalized spacial score (nSPS) is 14.3. The van der Waals surface area contributed by atoms with Crippen molar-refractivity contribution in [2.75, 3.05) is 7.11 Å². The molecule has 1 unspecified atom stereocenters. The third-order valence-corrected chi connectivity index (χ3v) is 4.37. The molecule has 0 aromatic heterocycles. The fourth-order valence-electron chi connectivity index (χ4n) is 2.75. The Bertz CT molecular complexity index is 802. The van der Waals surface area contributed by atoms with Gasteiger partial charge in [0.2, 0.25) is 6.10 Å². The van der Waals surface area contributed by atoms with Crippen LogP contribution in [-0.2, 0) is 20.7 Å². The molecule has 0 aliphatic heterocycles. The lowest BCUT2D eigenvalue weighted by molar-refractivity contribution is -0.156. The number of halogens is 1. The molecule has 0 heterocycles. The summed E-state index contributed by atoms with van der Waals surface area (Å²) in [4.78, 5) is 24.8. The zero-order valence-electron chi connectivity index (χ0n) is 15.1. The van der Waals surface area contributed by atoms with Crippen LogP contribution in [0.3, 0.4) is 0 Å². The van der Waals surface area contributed by atoms with Crippen LogP contribution in [-0.4, -0.2) is 25.0 Å². The predicted molar refractivity (Wildman–Crippen MR) is 97.7 cm³/mol. The summed E-state index contributed by atoms with van der Waals surface area (Å²) in [5.74, 6) is -0.592. The van der Waals surface area contributed by atoms with Crippen LogP contribution in [0.25, 0.3) is 0 Å². The molecule has 1 aliphatic carbocycles. The monoisotopic (exact) mass is 371 g/mol. The largest absolute Gasteiger partial charge is 0.496 e. The fourth-order valence-corrected chi connectivity index (χ4v) is 2.75. The standard InChI is InChI=1S/C21H22FNO4/c1-26-18-5-3-2-4-14(18)8-13-19(24)27-20(21(25)23-17-11-12-17)15-6-9-16(22)10-7-15/h2-7,9-10,17,20H,8,11-13H2,1H3,(H,23,25). The van der Waals surface area contributed by atoms with E-state index < -0.39 is 17.9 Å². The summed E-state index contributed by atoms with van der Waals surface area (Å²) in [6.45, 7) is 0. The molecule has 3 rings (SSSR count). The van der Waals surface area contributed by atoms with Crippen LogP contribution in [0, 0.1) is 5.82 Å². The number of hydrogen-bond acceptors (Lipinski definition) is 4. The maximum atomic E-state index is 13.2. The molecule has 0 saturated heterocycles. The lowest BCUT2D eigenvalue weighted by atomic mass is 10.1. The second-order valence-corrected chi connectivity index (χ2v) is 6.52. The molecule has 1 aliphatic rings. The van der Waals surface area contributed by atoms with Crippen LogP contribution >= 0.6 is 0 Å². The fraction of sp³-hybridized carbons (Fsp3) is 0.333. The Balaban J connectivity index is 1.66. The molecule has 142 valence electrons. The van der Waals surface area contributed by atoms with Crippen molar-refractivity contribution in [3.05, 3.63) is 65.5 Å². The highest BCUT2D eigenvalue weighted by atomic mass is 19.1. The molecule has 27 heavy (non-hydrogen) atoms. The lowest BCUT2D eigenvalue weighted by Crippen LogP contribution is -2.33. The third-order valence-electron chi connectivity index (χ3n) is 4.37. The molecule has 2 aromatic carbocycles. The van der Waals surface area contributed by atoms with Gasteiger partial charge in [0.15, 0.2) is 0 Å². The molecule has 0 spiro atoms. The molecule has 1 saturated carbocycles. The number of amides is 1. The van der Waals surface area contributed by atoms with Crippen molar-refractivity contribution in [3.63, 3.8) is 0 Å². The Morgan fingerprint density at radius 3 is 2.52 bits per heavy atom. The van der Waals surface area contributed by atoms with Crippen LogP contribution in [0.2, 0.25) is 0 Å². The summed E-state index contributed by atoms with van der Waals surface area (Å²) in [6.07, 6.45) is 1.29. The molecule has 2 aromatic rings. The van der Waals surface area contributed by atoms with Gasteiger partial charge in [-0.2, -0.15) is 0 Å². The average molecular weight is 371 g/mol. The van der Waals surface area contributed by atoms with Crippen LogP contribution in [0.5, 0.6) is 5.75 Å². The van der Waals surface area contributed by atoms with Crippen molar-refractivity contribution in [3.8, 4) is 5.75 Å². The quantitative estimate of drug-likeness (QED) is 0.723. The zero-order chi connectivity index (χ0) is 19.2. The van der Waals surface area contributed by atoms with Crippen molar-refractivity contribution in [2.45, 2.75) is 37.8 Å². The van der Waals surface area contributed by atoms with Gasteiger partial charge in [0.1, 0.15) is 11.6 Å². The van der Waals surface area contributed by atoms with Gasteiger partial charge in [-0.05, 0) is 43.0 Å². The van der Waals surface area contributed by atoms with Gasteiger partial charge in [-0.15, -0.1) is 0 Å². The van der Waals surface area contributed by atoms with E-state index in [1.54, 1.807) is 7.11 Å². The number of rotatable bonds is 8. The Morgan fingerprint density at radius 2 is 1.85 bits per heavy atom. The third kappa shape index (κ3) is 5.29. The number of carbonyl (C=O) groups is 2. The summed E-state index contributed by atoms with van der Waals surface area (Å²) < 4.78 is 23.9. The number of esters is 1. The first kappa shape index (κ1) is 18.9. The SMILES string of the molecule is COc1ccccc1CCC(=O)OC(C(=O)NC1CC1)c1ccc(F)cc1. The molecule has 1 N–H and O–H groups in total. The van der Waals surface area contributed by atoms with Gasteiger partial charge in [-0.3, -0.25) is 9.59 Å². The van der Waals surface area contributed by atoms with Gasteiger partial charge < -0.3 is 14.8 Å². The first-order valence-corrected chi connectivity index (χ1v) is 8.94. The van der Waals surface area contributed by atoms with E-state index in [0.29, 0.717) is 17.7 Å². The Labute approximate surface area is 157 Å². The maximum absolute atomic E-state index is 13.2. The number of ether oxygens (including phenoxy) is 2. The van der Waals surface area contributed by atoms with Crippen molar-refractivity contribution >= 4 is 11.9 Å². The van der Waals surface area contributed by atoms with Gasteiger partial charge >= 0.3 is 5.97 Å². The smallest absolute Gasteiger partial charge is 0.307 e. The molecule has 0 bridgehead atoms. The summed E-state index contributed by atoms with van der Waals surface area (Å²) in [5.41, 5.74) is 1.33. The van der Waals surface area contributed by atoms with E-state index in [1.807, 2.05) is 24.3 Å². The minimum Gasteiger partial charge on any atom is -0.496 e. The maximum Gasteiger partial charge on any atom is 0.307 e. The Morgan fingerprint density at radius 1 is 1.15 bits per heavy atom. The number of nitrogens with one attached hydrogen (secondary N) is 1. The second kappa shape index (κ2) is 8.66. The van der Waals surface area contributed by atoms with E-state index in [-0.39, 0.29) is 18.4 Å². The number of carbonyl (C=O) groups excluding carboxylic acids is 2. The number of aryl methyl sites for hydroxylation is 1. The minimum absolute atomic E-state index is 0.106. The first-order chi connectivity index (χ1) is 13.1. The summed E-state index contributed by atoms with van der Waals surface area (Å²) in [5, 5.41) is 2.83. The first-order valence-electron chi connectivity index (χ1n) is 8.94. The van der Waals surface area contributed by atoms with Crippen LogP contribution in [0.4, 0.5) is 4.39 Å². The van der Waals surface area contributed by atoms with E-state index in [1.165, 1.54) is 24.3 Å². The van der Waals surface area contributed by atoms with Gasteiger partial charge in [-0.1, -0.05) is 30.3 Å². The highest BCUT2D eigenvalue weighted by Crippen LogP contribution is 2.25. The lowest BCUT2D eigenvalue weighted by Gasteiger charge is -2.18. The second-order valence-electron chi connectivity index (χ2n) is 6.52. The molecule has 1 atom stereocenters. The molecule has 1 fully saturated rings. The molecule has 5 nitrogen and oxygen atoms in total. The molecular formula is C21H22FNO4. The molecule has 1 amide bonds. The molecular weight excluding hydrogens is 349 g/mol. The Kier molecular flexibility index (Phi) is 6.06. The highest BCUT2D eigenvalue weighted by molar-refractivity contribution is 5.85. The number of methoxy groups -OCH3 is 1. The van der Waals surface area contributed by atoms with Gasteiger partial charge in [0.25, 0.3) is 5.91 Å². The average Bonchev–Trinajstić information content (AvgIpc) is 3.49. The van der Waals surface area contributed by atoms with Crippen LogP contribution < -0.4 is 10.1 Å². The highest BCUT2D eigenvalue weighted by Gasteiger charge is 2.30. The number of para-hydroxylation sites is 1. The number of hydrogen-bond donors (Lipinski definition) is 1. The topological polar surface area (TPSA) is 64.6 Å². The van der Waals surface area contributed by atoms with Crippen LogP contribution in [0.15, 0.2) is 48.5 Å². The van der Waals surface area contributed by atoms with E-state index in [2.05, 4.69) is 5.32 Å². The van der Waals surface area contributed by atoms with E-state index in [9.17, 15) is 14.0 Å². The minimum atomic E-state index is -1.09. The van der Waals surface area contributed by atoms with E-state index in [0.717, 1.165) is 18.4 Å². The Hall–Kier alpha value is -2.89. The van der Waals surface area contributed by atoms with Crippen molar-refractivity contribution < 1.29 is 23.5 Å². The van der Waals surface area contributed by atoms with Gasteiger partial charge in [0, 0.05) is 18.0 Å². The predicted octanol–water partition coefficient (Wildman–Crippen LogP) is 3.33. The van der Waals surface area contributed by atoms with Gasteiger partial charge in [0.05, 0.1) is 7.11 Å². The summed E-state index contributed by atoms with van der Waals surface area (Å²) in [7, 11) is 1.57. The molecule has 6 heteroatoms. The summed E-state index contributed by atoms with van der Waals surface area (Å²) in [6, 6.07) is 13.0. The van der Waals surface area contributed by atoms with Crippen molar-refractivity contribution in [1.29, 1.82) is 0 Å². The van der Waals surface area contributed by atoms with Gasteiger partial charge in [-0.25, -0.2) is 4.39 Å². The van der Waals surface area contributed by atoms with Crippen molar-refractivity contribution in [1.82, 2.24) is 5.32 Å². The number of benzene rings is 2. The summed E-state index contributed by atoms with van der Waals surface area (Å²) >= 11 is 0. The van der Waals surface area contributed by atoms with E-state index >= 15 is 0 Å². The van der Waals surface area contributed by atoms with E-state index in [4.69, 9.17) is 9.47 Å².